The number of carboxylic acids is 1. The number of rotatable bonds is 37. The van der Waals surface area contributed by atoms with Crippen LogP contribution in [0.25, 0.3) is 0 Å². The predicted molar refractivity (Wildman–Crippen MR) is 208 cm³/mol. The van der Waals surface area contributed by atoms with E-state index in [0.717, 1.165) is 77.0 Å². The van der Waals surface area contributed by atoms with E-state index in [1.807, 2.05) is 0 Å². The Labute approximate surface area is 311 Å². The monoisotopic (exact) mass is 721 g/mol. The third-order valence-electron chi connectivity index (χ3n) is 9.17. The molecule has 0 aromatic rings. The van der Waals surface area contributed by atoms with E-state index in [4.69, 9.17) is 14.9 Å². The largest absolute Gasteiger partial charge is 0.480 e. The lowest BCUT2D eigenvalue weighted by Gasteiger charge is -2.18. The van der Waals surface area contributed by atoms with E-state index in [9.17, 15) is 19.2 Å². The first kappa shape index (κ1) is 48.3. The lowest BCUT2D eigenvalue weighted by Crippen LogP contribution is -2.47. The molecule has 0 saturated heterocycles. The summed E-state index contributed by atoms with van der Waals surface area (Å²) in [4.78, 5) is 47.4. The van der Waals surface area contributed by atoms with E-state index in [1.54, 1.807) is 0 Å². The molecule has 0 radical (unpaired) electrons. The number of carbonyl (C=O) groups is 4. The highest BCUT2D eigenvalue weighted by atomic mass is 16.5. The highest BCUT2D eigenvalue weighted by Gasteiger charge is 2.19. The van der Waals surface area contributed by atoms with Crippen LogP contribution >= 0.6 is 0 Å². The number of aliphatic carboxylic acids is 1. The number of esters is 1. The fourth-order valence-electron chi connectivity index (χ4n) is 5.94. The van der Waals surface area contributed by atoms with Gasteiger partial charge in [0.15, 0.2) is 0 Å². The molecule has 0 aliphatic carbocycles. The smallest absolute Gasteiger partial charge is 0.328 e. The van der Waals surface area contributed by atoms with Gasteiger partial charge in [-0.3, -0.25) is 14.4 Å². The van der Waals surface area contributed by atoms with Crippen molar-refractivity contribution >= 4 is 23.8 Å². The van der Waals surface area contributed by atoms with Crippen LogP contribution in [0.3, 0.4) is 0 Å². The molecule has 9 nitrogen and oxygen atoms in total. The van der Waals surface area contributed by atoms with E-state index in [0.29, 0.717) is 19.3 Å². The Morgan fingerprint density at radius 2 is 1.02 bits per heavy atom. The molecule has 296 valence electrons. The zero-order valence-electron chi connectivity index (χ0n) is 32.6. The minimum Gasteiger partial charge on any atom is -0.480 e. The van der Waals surface area contributed by atoms with Gasteiger partial charge < -0.3 is 25.6 Å². The average Bonchev–Trinajstić information content (AvgIpc) is 3.11. The van der Waals surface area contributed by atoms with Crippen LogP contribution in [0.15, 0.2) is 24.3 Å². The van der Waals surface area contributed by atoms with Crippen LogP contribution in [-0.4, -0.2) is 59.3 Å². The Balaban J connectivity index is 4.35. The van der Waals surface area contributed by atoms with E-state index in [1.165, 1.54) is 83.5 Å². The van der Waals surface area contributed by atoms with Crippen molar-refractivity contribution in [3.8, 4) is 0 Å². The van der Waals surface area contributed by atoms with Gasteiger partial charge in [0.1, 0.15) is 12.1 Å². The Bertz CT molecular complexity index is 921. The molecular formula is C42H76N2O7. The lowest BCUT2D eigenvalue weighted by molar-refractivity contribution is -0.150. The maximum atomic E-state index is 12.7. The first-order valence-electron chi connectivity index (χ1n) is 20.7. The molecule has 51 heavy (non-hydrogen) atoms. The lowest BCUT2D eigenvalue weighted by atomic mass is 10.0. The predicted octanol–water partition coefficient (Wildman–Crippen LogP) is 9.65. The van der Waals surface area contributed by atoms with Crippen molar-refractivity contribution in [3.05, 3.63) is 24.3 Å². The quantitative estimate of drug-likeness (QED) is 0.0284. The average molecular weight is 721 g/mol. The van der Waals surface area contributed by atoms with Crippen LogP contribution in [-0.2, 0) is 23.9 Å². The van der Waals surface area contributed by atoms with Crippen molar-refractivity contribution in [2.24, 2.45) is 0 Å². The van der Waals surface area contributed by atoms with Crippen molar-refractivity contribution in [2.45, 2.75) is 206 Å². The van der Waals surface area contributed by atoms with Gasteiger partial charge in [0.05, 0.1) is 13.2 Å². The van der Waals surface area contributed by atoms with Gasteiger partial charge in [-0.15, -0.1) is 0 Å². The molecule has 2 amide bonds. The van der Waals surface area contributed by atoms with Crippen LogP contribution in [0, 0.1) is 0 Å². The number of amides is 2. The number of aliphatic hydroxyl groups excluding tert-OH is 1. The van der Waals surface area contributed by atoms with Gasteiger partial charge in [-0.05, 0) is 83.5 Å². The third kappa shape index (κ3) is 34.2. The summed E-state index contributed by atoms with van der Waals surface area (Å²) in [7, 11) is 0. The van der Waals surface area contributed by atoms with E-state index >= 15 is 0 Å². The van der Waals surface area contributed by atoms with Crippen LogP contribution in [0.1, 0.15) is 194 Å². The third-order valence-corrected chi connectivity index (χ3v) is 9.17. The molecule has 2 atom stereocenters. The van der Waals surface area contributed by atoms with Gasteiger partial charge in [0, 0.05) is 12.8 Å². The molecule has 0 heterocycles. The second-order valence-corrected chi connectivity index (χ2v) is 14.1. The minimum absolute atomic E-state index is 0.0444. The number of carbonyl (C=O) groups excluding carboxylic acids is 3. The molecule has 9 heteroatoms. The number of hydrogen-bond acceptors (Lipinski definition) is 6. The van der Waals surface area contributed by atoms with Gasteiger partial charge in [0.2, 0.25) is 11.8 Å². The second-order valence-electron chi connectivity index (χ2n) is 14.1. The SMILES string of the molecule is CCCCC/C=C\CCCCCCCC(=O)OC(CCC/C=C\CCCCCCCC)CCCCCCCC(=O)NCC(=O)NC(CO)C(=O)O. The maximum absolute atomic E-state index is 12.7. The zero-order chi connectivity index (χ0) is 37.6. The Kier molecular flexibility index (Phi) is 35.1. The molecule has 0 bridgehead atoms. The molecule has 0 aliphatic heterocycles. The van der Waals surface area contributed by atoms with E-state index < -0.39 is 24.5 Å². The highest BCUT2D eigenvalue weighted by molar-refractivity contribution is 5.87. The molecule has 2 unspecified atom stereocenters. The van der Waals surface area contributed by atoms with Gasteiger partial charge >= 0.3 is 11.9 Å². The summed E-state index contributed by atoms with van der Waals surface area (Å²) in [5, 5.41) is 22.5. The van der Waals surface area contributed by atoms with Gasteiger partial charge in [0.25, 0.3) is 0 Å². The van der Waals surface area contributed by atoms with Crippen LogP contribution in [0.2, 0.25) is 0 Å². The molecule has 0 saturated carbocycles. The summed E-state index contributed by atoms with van der Waals surface area (Å²) < 4.78 is 5.99. The fourth-order valence-corrected chi connectivity index (χ4v) is 5.94. The summed E-state index contributed by atoms with van der Waals surface area (Å²) in [5.41, 5.74) is 0. The Morgan fingerprint density at radius 1 is 0.569 bits per heavy atom. The number of allylic oxidation sites excluding steroid dienone is 4. The Morgan fingerprint density at radius 3 is 1.59 bits per heavy atom. The number of unbranched alkanes of at least 4 members (excludes halogenated alkanes) is 19. The fraction of sp³-hybridized carbons (Fsp3) is 0.810. The number of aliphatic hydroxyl groups is 1. The van der Waals surface area contributed by atoms with Crippen molar-refractivity contribution in [1.82, 2.24) is 10.6 Å². The van der Waals surface area contributed by atoms with Gasteiger partial charge in [-0.25, -0.2) is 4.79 Å². The zero-order valence-corrected chi connectivity index (χ0v) is 32.6. The number of hydrogen-bond donors (Lipinski definition) is 4. The number of ether oxygens (including phenoxy) is 1. The topological polar surface area (TPSA) is 142 Å². The summed E-state index contributed by atoms with van der Waals surface area (Å²) in [5.74, 6) is -2.32. The molecule has 0 aromatic carbocycles. The van der Waals surface area contributed by atoms with Crippen molar-refractivity contribution in [2.75, 3.05) is 13.2 Å². The van der Waals surface area contributed by atoms with Crippen LogP contribution < -0.4 is 10.6 Å². The van der Waals surface area contributed by atoms with E-state index in [-0.39, 0.29) is 24.5 Å². The first-order chi connectivity index (χ1) is 24.8. The van der Waals surface area contributed by atoms with Crippen molar-refractivity contribution in [1.29, 1.82) is 0 Å². The van der Waals surface area contributed by atoms with Crippen molar-refractivity contribution in [3.63, 3.8) is 0 Å². The molecule has 0 fully saturated rings. The number of nitrogens with one attached hydrogen (secondary N) is 2. The summed E-state index contributed by atoms with van der Waals surface area (Å²) >= 11 is 0. The number of carboxylic acid groups (broad SMARTS) is 1. The first-order valence-corrected chi connectivity index (χ1v) is 20.7. The summed E-state index contributed by atoms with van der Waals surface area (Å²) in [6.07, 6.45) is 39.1. The molecule has 0 aromatic heterocycles. The van der Waals surface area contributed by atoms with Crippen LogP contribution in [0.4, 0.5) is 0 Å². The van der Waals surface area contributed by atoms with Gasteiger partial charge in [-0.2, -0.15) is 0 Å². The summed E-state index contributed by atoms with van der Waals surface area (Å²) in [6.45, 7) is 3.44. The molecular weight excluding hydrogens is 644 g/mol. The van der Waals surface area contributed by atoms with Gasteiger partial charge in [-0.1, -0.05) is 122 Å². The van der Waals surface area contributed by atoms with Crippen molar-refractivity contribution < 1.29 is 34.1 Å². The minimum atomic E-state index is -1.38. The summed E-state index contributed by atoms with van der Waals surface area (Å²) in [6, 6.07) is -1.38. The molecule has 0 spiro atoms. The normalized spacial score (nSPS) is 12.7. The second kappa shape index (κ2) is 37.1. The Hall–Kier alpha value is -2.68. The molecule has 0 aliphatic rings. The maximum Gasteiger partial charge on any atom is 0.328 e. The van der Waals surface area contributed by atoms with E-state index in [2.05, 4.69) is 48.8 Å². The van der Waals surface area contributed by atoms with Crippen LogP contribution in [0.5, 0.6) is 0 Å². The molecule has 0 rings (SSSR count). The molecule has 4 N–H and O–H groups in total. The highest BCUT2D eigenvalue weighted by Crippen LogP contribution is 2.18. The standard InChI is InChI=1S/C42H76N2O7/c1-3-5-7-9-11-13-15-17-19-21-26-30-34-41(48)51-37(31-27-23-20-18-16-14-12-10-8-6-4-2)32-28-24-22-25-29-33-39(46)43-35-40(47)44-38(36-45)42(49)50/h11,13,18,20,37-38,45H,3-10,12,14-17,19,21-36H2,1-2H3,(H,43,46)(H,44,47)(H,49,50)/b13-11-,20-18-.